The van der Waals surface area contributed by atoms with E-state index in [2.05, 4.69) is 15.2 Å². The molecule has 0 aliphatic carbocycles. The molecule has 0 radical (unpaired) electrons. The number of aliphatic hydroxyl groups excluding tert-OH is 1. The molecule has 2 aromatic heterocycles. The highest BCUT2D eigenvalue weighted by Crippen LogP contribution is 2.31. The molecule has 2 aliphatic rings. The third kappa shape index (κ3) is 3.55. The SMILES string of the molecule is CC(C)(C)OC(O)N1CC(c2nc(-c3ccc4cnn(C5COC5)c4c3)no2)C1. The van der Waals surface area contributed by atoms with E-state index >= 15 is 0 Å². The standard InChI is InChI=1S/C20H25N5O4/c1-20(2,3)28-19(26)24-8-14(9-24)18-22-17(23-29-18)12-4-5-13-7-21-25(16(13)6-12)15-10-27-11-15/h4-7,14-15,19,26H,8-11H2,1-3H3. The largest absolute Gasteiger partial charge is 0.377 e. The number of aliphatic hydroxyl groups is 1. The maximum Gasteiger partial charge on any atom is 0.232 e. The summed E-state index contributed by atoms with van der Waals surface area (Å²) in [6.45, 7) is 8.36. The first-order valence-corrected chi connectivity index (χ1v) is 9.86. The van der Waals surface area contributed by atoms with Gasteiger partial charge in [-0.1, -0.05) is 17.3 Å². The molecular formula is C20H25N5O4. The molecule has 1 unspecified atom stereocenters. The summed E-state index contributed by atoms with van der Waals surface area (Å²) in [7, 11) is 0. The van der Waals surface area contributed by atoms with Gasteiger partial charge in [0.05, 0.1) is 42.5 Å². The van der Waals surface area contributed by atoms with E-state index in [4.69, 9.17) is 14.0 Å². The van der Waals surface area contributed by atoms with Crippen LogP contribution in [0.15, 0.2) is 28.9 Å². The molecule has 2 aliphatic heterocycles. The van der Waals surface area contributed by atoms with Crippen LogP contribution < -0.4 is 0 Å². The lowest BCUT2D eigenvalue weighted by Gasteiger charge is -2.41. The van der Waals surface area contributed by atoms with Crippen molar-refractivity contribution >= 4 is 10.9 Å². The zero-order valence-corrected chi connectivity index (χ0v) is 16.8. The van der Waals surface area contributed by atoms with Gasteiger partial charge < -0.3 is 19.1 Å². The van der Waals surface area contributed by atoms with Crippen molar-refractivity contribution in [3.63, 3.8) is 0 Å². The number of aromatic nitrogens is 4. The van der Waals surface area contributed by atoms with Crippen molar-refractivity contribution in [1.29, 1.82) is 0 Å². The Morgan fingerprint density at radius 2 is 2.03 bits per heavy atom. The number of nitrogens with zero attached hydrogens (tertiary/aromatic N) is 5. The summed E-state index contributed by atoms with van der Waals surface area (Å²) in [5.74, 6) is 1.24. The van der Waals surface area contributed by atoms with Gasteiger partial charge in [0.2, 0.25) is 18.1 Å². The summed E-state index contributed by atoms with van der Waals surface area (Å²) in [5.41, 5.74) is 1.53. The van der Waals surface area contributed by atoms with E-state index in [1.807, 2.05) is 54.7 Å². The molecule has 3 aromatic rings. The van der Waals surface area contributed by atoms with E-state index in [1.165, 1.54) is 0 Å². The number of hydrogen-bond acceptors (Lipinski definition) is 8. The molecule has 1 atom stereocenters. The normalized spacial score (nSPS) is 20.0. The maximum atomic E-state index is 10.1. The van der Waals surface area contributed by atoms with E-state index in [0.717, 1.165) is 16.5 Å². The molecule has 29 heavy (non-hydrogen) atoms. The Balaban J connectivity index is 1.30. The lowest BCUT2D eigenvalue weighted by atomic mass is 10.0. The van der Waals surface area contributed by atoms with Gasteiger partial charge in [-0.25, -0.2) is 0 Å². The van der Waals surface area contributed by atoms with Crippen LogP contribution in [-0.2, 0) is 9.47 Å². The van der Waals surface area contributed by atoms with E-state index in [1.54, 1.807) is 0 Å². The Morgan fingerprint density at radius 3 is 2.72 bits per heavy atom. The summed E-state index contributed by atoms with van der Waals surface area (Å²) in [4.78, 5) is 6.43. The average molecular weight is 399 g/mol. The molecule has 5 rings (SSSR count). The monoisotopic (exact) mass is 399 g/mol. The summed E-state index contributed by atoms with van der Waals surface area (Å²) in [6, 6.07) is 6.33. The number of benzene rings is 1. The molecule has 0 spiro atoms. The molecule has 0 bridgehead atoms. The van der Waals surface area contributed by atoms with Crippen molar-refractivity contribution < 1.29 is 19.1 Å². The first-order valence-electron chi connectivity index (χ1n) is 9.86. The highest BCUT2D eigenvalue weighted by atomic mass is 16.6. The molecule has 154 valence electrons. The molecule has 0 saturated carbocycles. The quantitative estimate of drug-likeness (QED) is 0.652. The minimum atomic E-state index is -0.924. The Labute approximate surface area is 168 Å². The second-order valence-corrected chi connectivity index (χ2v) is 8.72. The molecule has 4 heterocycles. The van der Waals surface area contributed by atoms with Gasteiger partial charge in [0, 0.05) is 24.0 Å². The summed E-state index contributed by atoms with van der Waals surface area (Å²) in [6.07, 6.45) is 0.944. The lowest BCUT2D eigenvalue weighted by molar-refractivity contribution is -0.256. The van der Waals surface area contributed by atoms with Crippen LogP contribution in [0, 0.1) is 0 Å². The van der Waals surface area contributed by atoms with E-state index in [9.17, 15) is 5.11 Å². The van der Waals surface area contributed by atoms with Crippen LogP contribution in [0.3, 0.4) is 0 Å². The van der Waals surface area contributed by atoms with Crippen molar-refractivity contribution in [2.75, 3.05) is 26.3 Å². The molecule has 9 nitrogen and oxygen atoms in total. The van der Waals surface area contributed by atoms with Gasteiger partial charge in [-0.2, -0.15) is 10.1 Å². The lowest BCUT2D eigenvalue weighted by Crippen LogP contribution is -2.53. The smallest absolute Gasteiger partial charge is 0.232 e. The van der Waals surface area contributed by atoms with E-state index in [-0.39, 0.29) is 12.0 Å². The van der Waals surface area contributed by atoms with Crippen molar-refractivity contribution in [2.45, 2.75) is 44.7 Å². The molecule has 9 heteroatoms. The molecule has 0 amide bonds. The minimum absolute atomic E-state index is 0.0934. The van der Waals surface area contributed by atoms with Gasteiger partial charge in [0.1, 0.15) is 0 Å². The summed E-state index contributed by atoms with van der Waals surface area (Å²) in [5, 5.41) is 19.9. The van der Waals surface area contributed by atoms with Gasteiger partial charge in [-0.05, 0) is 26.8 Å². The fourth-order valence-electron chi connectivity index (χ4n) is 3.59. The topological polar surface area (TPSA) is 98.7 Å². The van der Waals surface area contributed by atoms with Crippen LogP contribution in [0.4, 0.5) is 0 Å². The van der Waals surface area contributed by atoms with Crippen LogP contribution in [0.2, 0.25) is 0 Å². The van der Waals surface area contributed by atoms with Crippen molar-refractivity contribution in [1.82, 2.24) is 24.8 Å². The van der Waals surface area contributed by atoms with Gasteiger partial charge in [0.15, 0.2) is 0 Å². The van der Waals surface area contributed by atoms with Gasteiger partial charge >= 0.3 is 0 Å². The van der Waals surface area contributed by atoms with Crippen molar-refractivity contribution in [3.05, 3.63) is 30.3 Å². The average Bonchev–Trinajstić information content (AvgIpc) is 3.18. The molecule has 1 N–H and O–H groups in total. The van der Waals surface area contributed by atoms with E-state index < -0.39 is 12.0 Å². The molecular weight excluding hydrogens is 374 g/mol. The summed E-state index contributed by atoms with van der Waals surface area (Å²) < 4.78 is 18.4. The fourth-order valence-corrected chi connectivity index (χ4v) is 3.59. The van der Waals surface area contributed by atoms with Gasteiger partial charge in [-0.15, -0.1) is 0 Å². The zero-order chi connectivity index (χ0) is 20.2. The maximum absolute atomic E-state index is 10.1. The fraction of sp³-hybridized carbons (Fsp3) is 0.550. The number of rotatable bonds is 5. The Morgan fingerprint density at radius 1 is 1.24 bits per heavy atom. The van der Waals surface area contributed by atoms with Crippen LogP contribution >= 0.6 is 0 Å². The molecule has 1 aromatic carbocycles. The molecule has 2 saturated heterocycles. The van der Waals surface area contributed by atoms with Crippen LogP contribution in [-0.4, -0.2) is 68.2 Å². The Hall–Kier alpha value is -2.33. The first kappa shape index (κ1) is 18.7. The van der Waals surface area contributed by atoms with Crippen LogP contribution in [0.1, 0.15) is 38.6 Å². The second kappa shape index (κ2) is 6.88. The third-order valence-corrected chi connectivity index (χ3v) is 5.30. The predicted molar refractivity (Wildman–Crippen MR) is 104 cm³/mol. The third-order valence-electron chi connectivity index (χ3n) is 5.30. The highest BCUT2D eigenvalue weighted by Gasteiger charge is 2.38. The number of ether oxygens (including phenoxy) is 2. The second-order valence-electron chi connectivity index (χ2n) is 8.72. The Bertz CT molecular complexity index is 1010. The number of likely N-dealkylation sites (tertiary alicyclic amines) is 1. The minimum Gasteiger partial charge on any atom is -0.377 e. The summed E-state index contributed by atoms with van der Waals surface area (Å²) >= 11 is 0. The van der Waals surface area contributed by atoms with Crippen molar-refractivity contribution in [2.24, 2.45) is 0 Å². The zero-order valence-electron chi connectivity index (χ0n) is 16.8. The highest BCUT2D eigenvalue weighted by molar-refractivity contribution is 5.83. The van der Waals surface area contributed by atoms with Gasteiger partial charge in [0.25, 0.3) is 0 Å². The van der Waals surface area contributed by atoms with Crippen LogP contribution in [0.5, 0.6) is 0 Å². The number of fused-ring (bicyclic) bond motifs is 1. The van der Waals surface area contributed by atoms with Crippen LogP contribution in [0.25, 0.3) is 22.3 Å². The Kier molecular flexibility index (Phi) is 4.43. The first-order chi connectivity index (χ1) is 13.9. The van der Waals surface area contributed by atoms with E-state index in [0.29, 0.717) is 38.0 Å². The van der Waals surface area contributed by atoms with Crippen molar-refractivity contribution in [3.8, 4) is 11.4 Å². The predicted octanol–water partition coefficient (Wildman–Crippen LogP) is 2.15. The number of hydrogen-bond donors (Lipinski definition) is 1. The van der Waals surface area contributed by atoms with Gasteiger partial charge in [-0.3, -0.25) is 9.58 Å². The molecule has 2 fully saturated rings.